The third-order valence-corrected chi connectivity index (χ3v) is 19.3. The Balaban J connectivity index is 1.36. The summed E-state index contributed by atoms with van der Waals surface area (Å²) < 4.78 is 34.4. The normalized spacial score (nSPS) is 27.1. The molecule has 0 aromatic heterocycles. The van der Waals surface area contributed by atoms with Gasteiger partial charge in [0.05, 0.1) is 38.6 Å². The van der Waals surface area contributed by atoms with E-state index in [4.69, 9.17) is 28.4 Å². The molecule has 570 valence electrons. The topological polar surface area (TPSA) is 307 Å². The van der Waals surface area contributed by atoms with Crippen molar-refractivity contribution in [3.05, 3.63) is 72.9 Å². The van der Waals surface area contributed by atoms with Gasteiger partial charge in [0.1, 0.15) is 73.2 Å². The molecule has 0 spiro atoms. The van der Waals surface area contributed by atoms with Crippen molar-refractivity contribution in [3.8, 4) is 0 Å². The van der Waals surface area contributed by atoms with E-state index >= 15 is 0 Å². The van der Waals surface area contributed by atoms with Crippen molar-refractivity contribution in [2.45, 2.75) is 394 Å². The zero-order valence-corrected chi connectivity index (χ0v) is 60.8. The lowest BCUT2D eigenvalue weighted by molar-refractivity contribution is -0.379. The number of aliphatic hydroxyl groups is 11. The Hall–Kier alpha value is -2.77. The van der Waals surface area contributed by atoms with Crippen LogP contribution < -0.4 is 5.32 Å². The third kappa shape index (κ3) is 39.8. The summed E-state index contributed by atoms with van der Waals surface area (Å²) >= 11 is 0. The third-order valence-electron chi connectivity index (χ3n) is 19.3. The van der Waals surface area contributed by atoms with Gasteiger partial charge in [-0.3, -0.25) is 4.79 Å². The number of allylic oxidation sites excluding steroid dienone is 11. The van der Waals surface area contributed by atoms with Crippen LogP contribution in [0.3, 0.4) is 0 Å². The number of hydrogen-bond donors (Lipinski definition) is 12. The minimum absolute atomic E-state index is 0.243. The zero-order chi connectivity index (χ0) is 71.1. The first-order valence-corrected chi connectivity index (χ1v) is 39.2. The summed E-state index contributed by atoms with van der Waals surface area (Å²) in [5.74, 6) is -0.273. The maximum atomic E-state index is 13.5. The van der Waals surface area contributed by atoms with E-state index in [1.165, 1.54) is 186 Å². The predicted octanol–water partition coefficient (Wildman–Crippen LogP) is 12.4. The van der Waals surface area contributed by atoms with Crippen LogP contribution in [-0.4, -0.2) is 193 Å². The molecule has 19 nitrogen and oxygen atoms in total. The summed E-state index contributed by atoms with van der Waals surface area (Å²) in [5, 5.41) is 121. The van der Waals surface area contributed by atoms with E-state index in [1.54, 1.807) is 6.08 Å². The molecule has 3 saturated heterocycles. The van der Waals surface area contributed by atoms with Crippen LogP contribution in [0.1, 0.15) is 290 Å². The van der Waals surface area contributed by atoms with E-state index in [0.717, 1.165) is 77.0 Å². The highest BCUT2D eigenvalue weighted by Gasteiger charge is 2.53. The summed E-state index contributed by atoms with van der Waals surface area (Å²) in [5.41, 5.74) is 0. The average molecular weight is 1390 g/mol. The van der Waals surface area contributed by atoms with Gasteiger partial charge >= 0.3 is 0 Å². The van der Waals surface area contributed by atoms with E-state index in [2.05, 4.69) is 79.9 Å². The quantitative estimate of drug-likeness (QED) is 0.0199. The molecule has 0 radical (unpaired) electrons. The molecular formula is C79H141NO18. The van der Waals surface area contributed by atoms with Crippen molar-refractivity contribution in [2.24, 2.45) is 0 Å². The van der Waals surface area contributed by atoms with Crippen LogP contribution in [0.2, 0.25) is 0 Å². The van der Waals surface area contributed by atoms with E-state index in [9.17, 15) is 61.0 Å². The summed E-state index contributed by atoms with van der Waals surface area (Å²) in [7, 11) is 0. The molecule has 19 heteroatoms. The van der Waals surface area contributed by atoms with Crippen LogP contribution in [0.15, 0.2) is 72.9 Å². The molecule has 0 aromatic carbocycles. The van der Waals surface area contributed by atoms with E-state index in [-0.39, 0.29) is 18.9 Å². The monoisotopic (exact) mass is 1390 g/mol. The highest BCUT2D eigenvalue weighted by molar-refractivity contribution is 5.76. The van der Waals surface area contributed by atoms with Crippen LogP contribution in [0.5, 0.6) is 0 Å². The fourth-order valence-corrected chi connectivity index (χ4v) is 13.0. The standard InChI is InChI=1S/C79H141NO18/c1-3-5-7-9-11-13-15-17-19-21-23-25-26-27-28-29-30-31-32-33-34-35-36-37-39-41-43-45-47-49-51-53-55-57-67(85)80-62(63(84)56-54-52-50-48-46-44-42-40-38-24-22-20-18-16-14-12-10-8-6-4-2)61-93-77-73(91)70(88)75(65(59-82)95-77)98-79-74(92)71(89)76(66(60-83)96-79)97-78-72(90)69(87)68(86)64(58-81)94-78/h5,7,11,13,17,19,23,25,27-28,54,56,62-66,68-79,81-84,86-92H,3-4,6,8-10,12,14-16,18,20-22,24,26,29-53,55,57-61H2,1-2H3,(H,80,85)/b7-5-,13-11-,19-17-,25-23-,28-27-,56-54+. The SMILES string of the molecule is CC/C=C\C/C=C\C/C=C\C/C=C\C/C=C\CCCCCCCCCCCCCCCCCCCC(=O)NC(COC1OC(CO)C(OC2OC(CO)C(OC3OC(CO)C(O)C(O)C3O)C(O)C2O)C(O)C1O)C(O)/C=C/CCCCCCCCCCCCCCCCCCCC. The number of carbonyl (C=O) groups is 1. The van der Waals surface area contributed by atoms with Gasteiger partial charge in [-0.25, -0.2) is 0 Å². The summed E-state index contributed by atoms with van der Waals surface area (Å²) in [4.78, 5) is 13.5. The van der Waals surface area contributed by atoms with E-state index in [0.29, 0.717) is 6.42 Å². The first-order valence-electron chi connectivity index (χ1n) is 39.2. The maximum absolute atomic E-state index is 13.5. The van der Waals surface area contributed by atoms with E-state index < -0.39 is 124 Å². The maximum Gasteiger partial charge on any atom is 0.220 e. The smallest absolute Gasteiger partial charge is 0.220 e. The molecule has 3 fully saturated rings. The van der Waals surface area contributed by atoms with Gasteiger partial charge in [-0.05, 0) is 64.2 Å². The van der Waals surface area contributed by atoms with Gasteiger partial charge < -0.3 is 89.9 Å². The Morgan fingerprint density at radius 2 is 0.704 bits per heavy atom. The van der Waals surface area contributed by atoms with E-state index in [1.807, 2.05) is 6.08 Å². The molecule has 3 aliphatic heterocycles. The van der Waals surface area contributed by atoms with Crippen molar-refractivity contribution in [2.75, 3.05) is 26.4 Å². The molecule has 3 heterocycles. The second-order valence-electron chi connectivity index (χ2n) is 27.8. The largest absolute Gasteiger partial charge is 0.394 e. The number of ether oxygens (including phenoxy) is 6. The molecule has 3 aliphatic rings. The Kier molecular flexibility index (Phi) is 54.4. The van der Waals surface area contributed by atoms with Gasteiger partial charge in [-0.15, -0.1) is 0 Å². The molecule has 12 N–H and O–H groups in total. The van der Waals surface area contributed by atoms with Gasteiger partial charge in [0.2, 0.25) is 5.91 Å². The molecule has 3 rings (SSSR count). The molecule has 0 aliphatic carbocycles. The lowest BCUT2D eigenvalue weighted by atomic mass is 9.96. The average Bonchev–Trinajstić information content (AvgIpc) is 0.782. The second-order valence-corrected chi connectivity index (χ2v) is 27.8. The zero-order valence-electron chi connectivity index (χ0n) is 60.8. The lowest BCUT2D eigenvalue weighted by Gasteiger charge is -2.48. The Labute approximate surface area is 591 Å². The van der Waals surface area contributed by atoms with Gasteiger partial charge in [-0.1, -0.05) is 292 Å². The van der Waals surface area contributed by atoms with Crippen LogP contribution in [-0.2, 0) is 33.2 Å². The number of carbonyl (C=O) groups excluding carboxylic acids is 1. The molecule has 17 atom stereocenters. The number of nitrogens with one attached hydrogen (secondary N) is 1. The summed E-state index contributed by atoms with van der Waals surface area (Å²) in [6.07, 6.45) is 50.2. The number of rotatable bonds is 61. The molecule has 0 aromatic rings. The van der Waals surface area contributed by atoms with Crippen molar-refractivity contribution in [1.82, 2.24) is 5.32 Å². The van der Waals surface area contributed by atoms with Crippen molar-refractivity contribution >= 4 is 5.91 Å². The first-order chi connectivity index (χ1) is 47.8. The van der Waals surface area contributed by atoms with Crippen molar-refractivity contribution in [1.29, 1.82) is 0 Å². The number of aliphatic hydroxyl groups excluding tert-OH is 11. The second kappa shape index (κ2) is 59.6. The minimum Gasteiger partial charge on any atom is -0.394 e. The van der Waals surface area contributed by atoms with Gasteiger partial charge in [0, 0.05) is 6.42 Å². The van der Waals surface area contributed by atoms with Gasteiger partial charge in [-0.2, -0.15) is 0 Å². The summed E-state index contributed by atoms with van der Waals surface area (Å²) in [6, 6.07) is -0.976. The molecule has 1 amide bonds. The number of hydrogen-bond acceptors (Lipinski definition) is 18. The Bertz CT molecular complexity index is 2050. The number of amides is 1. The fraction of sp³-hybridized carbons (Fsp3) is 0.835. The lowest BCUT2D eigenvalue weighted by Crippen LogP contribution is -2.66. The molecule has 98 heavy (non-hydrogen) atoms. The Morgan fingerprint density at radius 3 is 1.10 bits per heavy atom. The van der Waals surface area contributed by atoms with Crippen LogP contribution in [0.25, 0.3) is 0 Å². The molecule has 17 unspecified atom stereocenters. The first kappa shape index (κ1) is 89.4. The number of unbranched alkanes of at least 4 members (excludes halogenated alkanes) is 35. The Morgan fingerprint density at radius 1 is 0.378 bits per heavy atom. The van der Waals surface area contributed by atoms with Crippen molar-refractivity contribution in [3.63, 3.8) is 0 Å². The van der Waals surface area contributed by atoms with Gasteiger partial charge in [0.15, 0.2) is 18.9 Å². The molecule has 0 saturated carbocycles. The van der Waals surface area contributed by atoms with Crippen LogP contribution in [0.4, 0.5) is 0 Å². The van der Waals surface area contributed by atoms with Crippen LogP contribution in [0, 0.1) is 0 Å². The fourth-order valence-electron chi connectivity index (χ4n) is 13.0. The van der Waals surface area contributed by atoms with Gasteiger partial charge in [0.25, 0.3) is 0 Å². The molecule has 0 bridgehead atoms. The molecular weight excluding hydrogens is 1250 g/mol. The minimum atomic E-state index is -1.98. The van der Waals surface area contributed by atoms with Crippen LogP contribution >= 0.6 is 0 Å². The summed E-state index contributed by atoms with van der Waals surface area (Å²) in [6.45, 7) is 1.65. The highest BCUT2D eigenvalue weighted by Crippen LogP contribution is 2.33. The van der Waals surface area contributed by atoms with Crippen molar-refractivity contribution < 1.29 is 89.4 Å². The predicted molar refractivity (Wildman–Crippen MR) is 388 cm³/mol. The highest BCUT2D eigenvalue weighted by atomic mass is 16.8.